The van der Waals surface area contributed by atoms with Gasteiger partial charge in [-0.25, -0.2) is 0 Å². The fraction of sp³-hybridized carbons (Fsp3) is 0.391. The van der Waals surface area contributed by atoms with Crippen molar-refractivity contribution in [3.63, 3.8) is 0 Å². The molecule has 1 atom stereocenters. The molecule has 1 N–H and O–H groups in total. The van der Waals surface area contributed by atoms with Gasteiger partial charge in [0, 0.05) is 13.1 Å². The molecule has 150 valence electrons. The molecule has 0 aliphatic heterocycles. The zero-order valence-corrected chi connectivity index (χ0v) is 17.1. The summed E-state index contributed by atoms with van der Waals surface area (Å²) < 4.78 is 5.61. The number of nitrogens with zero attached hydrogens (tertiary/aromatic N) is 1. The van der Waals surface area contributed by atoms with Crippen LogP contribution in [0.3, 0.4) is 0 Å². The smallest absolute Gasteiger partial charge is 0.261 e. The van der Waals surface area contributed by atoms with Crippen LogP contribution in [0.1, 0.15) is 31.9 Å². The molecule has 0 saturated carbocycles. The first-order valence-electron chi connectivity index (χ1n) is 9.67. The lowest BCUT2D eigenvalue weighted by molar-refractivity contribution is -0.142. The first-order chi connectivity index (χ1) is 13.4. The number of hydrogen-bond donors (Lipinski definition) is 1. The third kappa shape index (κ3) is 6.72. The number of rotatable bonds is 9. The molecule has 0 heterocycles. The van der Waals surface area contributed by atoms with E-state index in [-0.39, 0.29) is 18.4 Å². The fourth-order valence-corrected chi connectivity index (χ4v) is 2.67. The Bertz CT molecular complexity index is 757. The molecule has 0 radical (unpaired) electrons. The molecule has 2 rings (SSSR count). The molecule has 0 bridgehead atoms. The minimum absolute atomic E-state index is 0.113. The minimum atomic E-state index is -0.591. The van der Waals surface area contributed by atoms with Crippen LogP contribution < -0.4 is 10.1 Å². The summed E-state index contributed by atoms with van der Waals surface area (Å²) in [5, 5.41) is 2.91. The van der Waals surface area contributed by atoms with Crippen LogP contribution in [0.15, 0.2) is 54.6 Å². The van der Waals surface area contributed by atoms with Gasteiger partial charge in [-0.05, 0) is 37.5 Å². The number of carbonyl (C=O) groups is 2. The van der Waals surface area contributed by atoms with E-state index in [1.54, 1.807) is 24.0 Å². The minimum Gasteiger partial charge on any atom is -0.484 e. The van der Waals surface area contributed by atoms with Crippen molar-refractivity contribution in [2.75, 3.05) is 13.2 Å². The molecule has 2 amide bonds. The van der Waals surface area contributed by atoms with Gasteiger partial charge in [-0.15, -0.1) is 0 Å². The van der Waals surface area contributed by atoms with E-state index in [1.807, 2.05) is 63.2 Å². The number of para-hydroxylation sites is 1. The number of benzene rings is 2. The summed E-state index contributed by atoms with van der Waals surface area (Å²) in [6, 6.07) is 16.6. The molecular formula is C23H30N2O3. The fourth-order valence-electron chi connectivity index (χ4n) is 2.67. The second kappa shape index (κ2) is 10.5. The molecule has 0 fully saturated rings. The predicted molar refractivity (Wildman–Crippen MR) is 111 cm³/mol. The van der Waals surface area contributed by atoms with Crippen molar-refractivity contribution >= 4 is 11.8 Å². The van der Waals surface area contributed by atoms with Crippen molar-refractivity contribution in [3.8, 4) is 5.75 Å². The maximum Gasteiger partial charge on any atom is 0.261 e. The van der Waals surface area contributed by atoms with Crippen molar-refractivity contribution < 1.29 is 14.3 Å². The van der Waals surface area contributed by atoms with E-state index in [4.69, 9.17) is 4.74 Å². The highest BCUT2D eigenvalue weighted by Crippen LogP contribution is 2.13. The highest BCUT2D eigenvalue weighted by Gasteiger charge is 2.26. The number of hydrogen-bond acceptors (Lipinski definition) is 3. The molecule has 0 aromatic heterocycles. The van der Waals surface area contributed by atoms with Gasteiger partial charge in [-0.2, -0.15) is 0 Å². The second-order valence-corrected chi connectivity index (χ2v) is 7.42. The third-order valence-electron chi connectivity index (χ3n) is 4.43. The lowest BCUT2D eigenvalue weighted by Gasteiger charge is -2.29. The maximum absolute atomic E-state index is 12.9. The quantitative estimate of drug-likeness (QED) is 0.721. The van der Waals surface area contributed by atoms with E-state index in [0.717, 1.165) is 11.1 Å². The van der Waals surface area contributed by atoms with Gasteiger partial charge in [0.2, 0.25) is 5.91 Å². The van der Waals surface area contributed by atoms with Gasteiger partial charge < -0.3 is 15.0 Å². The Labute approximate surface area is 167 Å². The van der Waals surface area contributed by atoms with Crippen molar-refractivity contribution in [2.45, 2.75) is 40.3 Å². The summed E-state index contributed by atoms with van der Waals surface area (Å²) in [7, 11) is 0. The van der Waals surface area contributed by atoms with Gasteiger partial charge in [0.1, 0.15) is 11.8 Å². The van der Waals surface area contributed by atoms with E-state index >= 15 is 0 Å². The van der Waals surface area contributed by atoms with Gasteiger partial charge in [-0.3, -0.25) is 9.59 Å². The van der Waals surface area contributed by atoms with Crippen LogP contribution in [0.4, 0.5) is 0 Å². The van der Waals surface area contributed by atoms with Gasteiger partial charge >= 0.3 is 0 Å². The van der Waals surface area contributed by atoms with Crippen LogP contribution in [0, 0.1) is 12.8 Å². The van der Waals surface area contributed by atoms with E-state index in [9.17, 15) is 9.59 Å². The first-order valence-corrected chi connectivity index (χ1v) is 9.67. The van der Waals surface area contributed by atoms with Crippen molar-refractivity contribution in [1.29, 1.82) is 0 Å². The Morgan fingerprint density at radius 3 is 2.25 bits per heavy atom. The van der Waals surface area contributed by atoms with E-state index in [2.05, 4.69) is 5.32 Å². The number of amides is 2. The second-order valence-electron chi connectivity index (χ2n) is 7.42. The van der Waals surface area contributed by atoms with E-state index in [1.165, 1.54) is 0 Å². The standard InChI is InChI=1S/C23H30N2O3/c1-17(2)14-24-23(27)19(4)25(15-20-12-10-18(3)11-13-20)22(26)16-28-21-8-6-5-7-9-21/h5-13,17,19H,14-16H2,1-4H3,(H,24,27)/t19-/m0/s1. The monoisotopic (exact) mass is 382 g/mol. The molecule has 2 aromatic rings. The molecule has 5 nitrogen and oxygen atoms in total. The van der Waals surface area contributed by atoms with Crippen molar-refractivity contribution in [3.05, 3.63) is 65.7 Å². The highest BCUT2D eigenvalue weighted by atomic mass is 16.5. The highest BCUT2D eigenvalue weighted by molar-refractivity contribution is 5.87. The number of carbonyl (C=O) groups excluding carboxylic acids is 2. The molecule has 0 aliphatic carbocycles. The Balaban J connectivity index is 2.10. The Morgan fingerprint density at radius 1 is 1.00 bits per heavy atom. The Morgan fingerprint density at radius 2 is 1.64 bits per heavy atom. The normalized spacial score (nSPS) is 11.8. The molecule has 0 unspecified atom stereocenters. The lowest BCUT2D eigenvalue weighted by atomic mass is 10.1. The molecule has 5 heteroatoms. The lowest BCUT2D eigenvalue weighted by Crippen LogP contribution is -2.49. The van der Waals surface area contributed by atoms with Crippen molar-refractivity contribution in [2.24, 2.45) is 5.92 Å². The zero-order valence-electron chi connectivity index (χ0n) is 17.1. The molecule has 0 spiro atoms. The number of aryl methyl sites for hydroxylation is 1. The number of nitrogens with one attached hydrogen (secondary N) is 1. The average Bonchev–Trinajstić information content (AvgIpc) is 2.70. The van der Waals surface area contributed by atoms with Crippen LogP contribution in [0.25, 0.3) is 0 Å². The third-order valence-corrected chi connectivity index (χ3v) is 4.43. The van der Waals surface area contributed by atoms with Crippen LogP contribution in [-0.4, -0.2) is 35.9 Å². The van der Waals surface area contributed by atoms with E-state index in [0.29, 0.717) is 24.8 Å². The molecule has 0 aliphatic rings. The molecule has 2 aromatic carbocycles. The number of ether oxygens (including phenoxy) is 1. The van der Waals surface area contributed by atoms with E-state index < -0.39 is 6.04 Å². The van der Waals surface area contributed by atoms with Crippen LogP contribution >= 0.6 is 0 Å². The topological polar surface area (TPSA) is 58.6 Å². The van der Waals surface area contributed by atoms with Crippen LogP contribution in [0.2, 0.25) is 0 Å². The largest absolute Gasteiger partial charge is 0.484 e. The van der Waals surface area contributed by atoms with Crippen molar-refractivity contribution in [1.82, 2.24) is 10.2 Å². The molecule has 28 heavy (non-hydrogen) atoms. The first kappa shape index (κ1) is 21.5. The molecule has 0 saturated heterocycles. The summed E-state index contributed by atoms with van der Waals surface area (Å²) in [6.07, 6.45) is 0. The van der Waals surface area contributed by atoms with Gasteiger partial charge in [0.25, 0.3) is 5.91 Å². The van der Waals surface area contributed by atoms with Gasteiger partial charge in [0.15, 0.2) is 6.61 Å². The summed E-state index contributed by atoms with van der Waals surface area (Å²) >= 11 is 0. The zero-order chi connectivity index (χ0) is 20.5. The maximum atomic E-state index is 12.9. The summed E-state index contributed by atoms with van der Waals surface area (Å²) in [5.41, 5.74) is 2.12. The molecular weight excluding hydrogens is 352 g/mol. The Hall–Kier alpha value is -2.82. The van der Waals surface area contributed by atoms with Crippen LogP contribution in [-0.2, 0) is 16.1 Å². The SMILES string of the molecule is Cc1ccc(CN(C(=O)COc2ccccc2)[C@@H](C)C(=O)NCC(C)C)cc1. The van der Waals surface area contributed by atoms with Gasteiger partial charge in [-0.1, -0.05) is 61.9 Å². The predicted octanol–water partition coefficient (Wildman–Crippen LogP) is 3.56. The van der Waals surface area contributed by atoms with Gasteiger partial charge in [0.05, 0.1) is 0 Å². The average molecular weight is 383 g/mol. The summed E-state index contributed by atoms with van der Waals surface area (Å²) in [6.45, 7) is 8.66. The summed E-state index contributed by atoms with van der Waals surface area (Å²) in [4.78, 5) is 27.0. The Kier molecular flexibility index (Phi) is 8.05. The van der Waals surface area contributed by atoms with Crippen LogP contribution in [0.5, 0.6) is 5.75 Å². The summed E-state index contributed by atoms with van der Waals surface area (Å²) in [5.74, 6) is 0.590.